The summed E-state index contributed by atoms with van der Waals surface area (Å²) in [7, 11) is 0. The Labute approximate surface area is 178 Å². The molecule has 4 rings (SSSR count). The lowest BCUT2D eigenvalue weighted by Gasteiger charge is -2.23. The minimum absolute atomic E-state index is 0.179. The SMILES string of the molecule is NC(=O)C1NC[C@@H](Cc2ccccc2)[C@@H]1Cc1ccc(OCc2ccccc2)cc1. The van der Waals surface area contributed by atoms with Crippen LogP contribution in [0.5, 0.6) is 5.75 Å². The third kappa shape index (κ3) is 5.08. The summed E-state index contributed by atoms with van der Waals surface area (Å²) in [6, 6.07) is 28.5. The van der Waals surface area contributed by atoms with Gasteiger partial charge in [-0.2, -0.15) is 0 Å². The Morgan fingerprint density at radius 2 is 1.43 bits per heavy atom. The number of benzene rings is 3. The summed E-state index contributed by atoms with van der Waals surface area (Å²) < 4.78 is 5.89. The Morgan fingerprint density at radius 1 is 0.833 bits per heavy atom. The van der Waals surface area contributed by atoms with E-state index in [1.54, 1.807) is 0 Å². The lowest BCUT2D eigenvalue weighted by Crippen LogP contribution is -2.41. The van der Waals surface area contributed by atoms with Gasteiger partial charge in [-0.15, -0.1) is 0 Å². The third-order valence-corrected chi connectivity index (χ3v) is 5.92. The summed E-state index contributed by atoms with van der Waals surface area (Å²) in [6.45, 7) is 1.36. The summed E-state index contributed by atoms with van der Waals surface area (Å²) in [5.74, 6) is 1.13. The van der Waals surface area contributed by atoms with Gasteiger partial charge in [0.25, 0.3) is 0 Å². The average Bonchev–Trinajstić information content (AvgIpc) is 3.17. The monoisotopic (exact) mass is 400 g/mol. The normalized spacial score (nSPS) is 20.7. The van der Waals surface area contributed by atoms with Gasteiger partial charge in [-0.25, -0.2) is 0 Å². The average molecular weight is 401 g/mol. The predicted octanol–water partition coefficient (Wildman–Crippen LogP) is 3.74. The first-order chi connectivity index (χ1) is 14.7. The molecule has 0 radical (unpaired) electrons. The molecule has 0 spiro atoms. The molecule has 3 atom stereocenters. The van der Waals surface area contributed by atoms with Crippen LogP contribution >= 0.6 is 0 Å². The number of primary amides is 1. The van der Waals surface area contributed by atoms with Crippen molar-refractivity contribution in [3.63, 3.8) is 0 Å². The van der Waals surface area contributed by atoms with Crippen LogP contribution < -0.4 is 15.8 Å². The molecule has 0 aromatic heterocycles. The van der Waals surface area contributed by atoms with E-state index in [0.29, 0.717) is 12.5 Å². The van der Waals surface area contributed by atoms with Crippen molar-refractivity contribution in [2.24, 2.45) is 17.6 Å². The number of amides is 1. The molecule has 0 bridgehead atoms. The number of nitrogens with two attached hydrogens (primary N) is 1. The zero-order valence-corrected chi connectivity index (χ0v) is 17.0. The van der Waals surface area contributed by atoms with Gasteiger partial charge in [-0.3, -0.25) is 4.79 Å². The fourth-order valence-corrected chi connectivity index (χ4v) is 4.32. The highest BCUT2D eigenvalue weighted by Gasteiger charge is 2.38. The predicted molar refractivity (Wildman–Crippen MR) is 119 cm³/mol. The second-order valence-electron chi connectivity index (χ2n) is 8.02. The molecule has 1 aliphatic rings. The van der Waals surface area contributed by atoms with E-state index < -0.39 is 0 Å². The fourth-order valence-electron chi connectivity index (χ4n) is 4.32. The van der Waals surface area contributed by atoms with Gasteiger partial charge in [0.05, 0.1) is 6.04 Å². The zero-order valence-electron chi connectivity index (χ0n) is 17.0. The molecule has 0 aliphatic carbocycles. The van der Waals surface area contributed by atoms with Gasteiger partial charge >= 0.3 is 0 Å². The Morgan fingerprint density at radius 3 is 2.07 bits per heavy atom. The van der Waals surface area contributed by atoms with E-state index in [9.17, 15) is 4.79 Å². The molecule has 4 nitrogen and oxygen atoms in total. The number of rotatable bonds is 8. The van der Waals surface area contributed by atoms with Crippen molar-refractivity contribution < 1.29 is 9.53 Å². The molecule has 154 valence electrons. The third-order valence-electron chi connectivity index (χ3n) is 5.92. The molecule has 1 fully saturated rings. The van der Waals surface area contributed by atoms with E-state index in [1.165, 1.54) is 11.1 Å². The number of ether oxygens (including phenoxy) is 1. The Balaban J connectivity index is 1.41. The van der Waals surface area contributed by atoms with Crippen molar-refractivity contribution in [1.82, 2.24) is 5.32 Å². The summed E-state index contributed by atoms with van der Waals surface area (Å²) >= 11 is 0. The maximum Gasteiger partial charge on any atom is 0.234 e. The van der Waals surface area contributed by atoms with Gasteiger partial charge in [0.1, 0.15) is 12.4 Å². The van der Waals surface area contributed by atoms with Gasteiger partial charge in [0.2, 0.25) is 5.91 Å². The minimum Gasteiger partial charge on any atom is -0.489 e. The molecule has 30 heavy (non-hydrogen) atoms. The van der Waals surface area contributed by atoms with Crippen LogP contribution in [0.2, 0.25) is 0 Å². The van der Waals surface area contributed by atoms with Gasteiger partial charge in [-0.05, 0) is 60.0 Å². The second-order valence-corrected chi connectivity index (χ2v) is 8.02. The van der Waals surface area contributed by atoms with Crippen molar-refractivity contribution in [3.8, 4) is 5.75 Å². The lowest BCUT2D eigenvalue weighted by atomic mass is 9.81. The molecule has 1 saturated heterocycles. The Kier molecular flexibility index (Phi) is 6.45. The summed E-state index contributed by atoms with van der Waals surface area (Å²) in [5, 5.41) is 3.35. The molecule has 1 heterocycles. The highest BCUT2D eigenvalue weighted by atomic mass is 16.5. The minimum atomic E-state index is -0.285. The van der Waals surface area contributed by atoms with E-state index in [2.05, 4.69) is 53.8 Å². The van der Waals surface area contributed by atoms with E-state index in [1.807, 2.05) is 36.4 Å². The fraction of sp³-hybridized carbons (Fsp3) is 0.269. The molecule has 3 aromatic rings. The van der Waals surface area contributed by atoms with Gasteiger partial charge in [0.15, 0.2) is 0 Å². The standard InChI is InChI=1S/C26H28N2O2/c27-26(29)25-24(22(17-28-25)15-19-7-3-1-4-8-19)16-20-11-13-23(14-12-20)30-18-21-9-5-2-6-10-21/h1-14,22,24-25,28H,15-18H2,(H2,27,29)/t22-,24+,25?/m1/s1. The molecule has 1 unspecified atom stereocenters. The first-order valence-corrected chi connectivity index (χ1v) is 10.5. The number of hydrogen-bond acceptors (Lipinski definition) is 3. The summed E-state index contributed by atoms with van der Waals surface area (Å²) in [4.78, 5) is 12.0. The highest BCUT2D eigenvalue weighted by Crippen LogP contribution is 2.30. The molecule has 0 saturated carbocycles. The highest BCUT2D eigenvalue weighted by molar-refractivity contribution is 5.80. The van der Waals surface area contributed by atoms with Crippen molar-refractivity contribution in [1.29, 1.82) is 0 Å². The number of carbonyl (C=O) groups excluding carboxylic acids is 1. The molecule has 3 aromatic carbocycles. The summed E-state index contributed by atoms with van der Waals surface area (Å²) in [6.07, 6.45) is 1.76. The van der Waals surface area contributed by atoms with Crippen LogP contribution in [0.3, 0.4) is 0 Å². The topological polar surface area (TPSA) is 64.4 Å². The molecular formula is C26H28N2O2. The van der Waals surface area contributed by atoms with Crippen LogP contribution in [-0.4, -0.2) is 18.5 Å². The van der Waals surface area contributed by atoms with Gasteiger partial charge in [0, 0.05) is 0 Å². The van der Waals surface area contributed by atoms with Crippen molar-refractivity contribution in [3.05, 3.63) is 102 Å². The van der Waals surface area contributed by atoms with Crippen LogP contribution in [0, 0.1) is 11.8 Å². The molecule has 3 N–H and O–H groups in total. The largest absolute Gasteiger partial charge is 0.489 e. The molecular weight excluding hydrogens is 372 g/mol. The van der Waals surface area contributed by atoms with Crippen molar-refractivity contribution >= 4 is 5.91 Å². The maximum absolute atomic E-state index is 12.0. The van der Waals surface area contributed by atoms with Crippen LogP contribution in [0.1, 0.15) is 16.7 Å². The first kappa shape index (κ1) is 20.2. The molecule has 4 heteroatoms. The van der Waals surface area contributed by atoms with Crippen LogP contribution in [0.4, 0.5) is 0 Å². The van der Waals surface area contributed by atoms with E-state index >= 15 is 0 Å². The van der Waals surface area contributed by atoms with E-state index in [4.69, 9.17) is 10.5 Å². The number of hydrogen-bond donors (Lipinski definition) is 2. The summed E-state index contributed by atoms with van der Waals surface area (Å²) in [5.41, 5.74) is 9.33. The quantitative estimate of drug-likeness (QED) is 0.605. The molecule has 1 aliphatic heterocycles. The van der Waals surface area contributed by atoms with Crippen LogP contribution in [-0.2, 0) is 24.2 Å². The van der Waals surface area contributed by atoms with Crippen molar-refractivity contribution in [2.75, 3.05) is 6.54 Å². The Bertz CT molecular complexity index is 942. The Hall–Kier alpha value is -3.11. The van der Waals surface area contributed by atoms with Gasteiger partial charge in [-0.1, -0.05) is 72.8 Å². The van der Waals surface area contributed by atoms with E-state index in [0.717, 1.165) is 30.7 Å². The first-order valence-electron chi connectivity index (χ1n) is 10.5. The lowest BCUT2D eigenvalue weighted by molar-refractivity contribution is -0.120. The number of nitrogens with one attached hydrogen (secondary N) is 1. The van der Waals surface area contributed by atoms with E-state index in [-0.39, 0.29) is 17.9 Å². The second kappa shape index (κ2) is 9.59. The van der Waals surface area contributed by atoms with Crippen molar-refractivity contribution in [2.45, 2.75) is 25.5 Å². The van der Waals surface area contributed by atoms with Crippen LogP contribution in [0.15, 0.2) is 84.9 Å². The van der Waals surface area contributed by atoms with Gasteiger partial charge < -0.3 is 15.8 Å². The van der Waals surface area contributed by atoms with Crippen LogP contribution in [0.25, 0.3) is 0 Å². The molecule has 1 amide bonds. The number of carbonyl (C=O) groups is 1. The maximum atomic E-state index is 12.0. The zero-order chi connectivity index (χ0) is 20.8. The smallest absolute Gasteiger partial charge is 0.234 e.